The van der Waals surface area contributed by atoms with E-state index in [0.717, 1.165) is 11.3 Å². The zero-order chi connectivity index (χ0) is 18.8. The highest BCUT2D eigenvalue weighted by atomic mass is 32.1. The first-order valence-electron chi connectivity index (χ1n) is 8.15. The molecule has 0 bridgehead atoms. The van der Waals surface area contributed by atoms with E-state index < -0.39 is 0 Å². The zero-order valence-electron chi connectivity index (χ0n) is 14.1. The molecule has 2 aromatic heterocycles. The van der Waals surface area contributed by atoms with Crippen molar-refractivity contribution in [3.63, 3.8) is 0 Å². The molecule has 0 fully saturated rings. The zero-order valence-corrected chi connectivity index (χ0v) is 14.9. The van der Waals surface area contributed by atoms with E-state index in [9.17, 15) is 9.18 Å². The van der Waals surface area contributed by atoms with Gasteiger partial charge in [-0.25, -0.2) is 4.39 Å². The second-order valence-electron chi connectivity index (χ2n) is 5.72. The smallest absolute Gasteiger partial charge is 0.291 e. The summed E-state index contributed by atoms with van der Waals surface area (Å²) >= 11 is 1.26. The van der Waals surface area contributed by atoms with E-state index in [-0.39, 0.29) is 11.4 Å². The molecule has 0 atom stereocenters. The molecular weight excluding hydrogens is 365 g/mol. The van der Waals surface area contributed by atoms with Gasteiger partial charge in [-0.05, 0) is 48.0 Å². The van der Waals surface area contributed by atoms with Crippen LogP contribution >= 0.6 is 11.3 Å². The van der Waals surface area contributed by atoms with Gasteiger partial charge < -0.3 is 4.74 Å². The van der Waals surface area contributed by atoms with Crippen LogP contribution < -0.4 is 14.8 Å². The van der Waals surface area contributed by atoms with Crippen LogP contribution in [0.1, 0.15) is 5.56 Å². The second kappa shape index (κ2) is 7.13. The maximum atomic E-state index is 13.0. The van der Waals surface area contributed by atoms with E-state index in [1.165, 1.54) is 28.0 Å². The minimum Gasteiger partial charge on any atom is -0.490 e. The molecule has 4 rings (SSSR count). The Morgan fingerprint density at radius 3 is 2.56 bits per heavy atom. The molecule has 0 N–H and O–H groups in total. The average molecular weight is 379 g/mol. The lowest BCUT2D eigenvalue weighted by Gasteiger charge is -2.02. The van der Waals surface area contributed by atoms with Crippen LogP contribution in [-0.2, 0) is 0 Å². The number of hydrogen-bond acceptors (Lipinski definition) is 5. The van der Waals surface area contributed by atoms with Gasteiger partial charge >= 0.3 is 0 Å². The Morgan fingerprint density at radius 1 is 1.15 bits per heavy atom. The highest BCUT2D eigenvalue weighted by molar-refractivity contribution is 7.15. The van der Waals surface area contributed by atoms with E-state index >= 15 is 0 Å². The average Bonchev–Trinajstić information content (AvgIpc) is 3.22. The molecular formula is C20H14FN3O2S. The van der Waals surface area contributed by atoms with Gasteiger partial charge in [0.1, 0.15) is 18.2 Å². The Morgan fingerprint density at radius 2 is 1.89 bits per heavy atom. The third-order valence-electron chi connectivity index (χ3n) is 3.83. The summed E-state index contributed by atoms with van der Waals surface area (Å²) in [6.07, 6.45) is 3.47. The van der Waals surface area contributed by atoms with Crippen molar-refractivity contribution >= 4 is 22.4 Å². The van der Waals surface area contributed by atoms with E-state index in [0.29, 0.717) is 27.5 Å². The van der Waals surface area contributed by atoms with Crippen molar-refractivity contribution in [2.24, 2.45) is 0 Å². The number of ether oxygens (including phenoxy) is 1. The summed E-state index contributed by atoms with van der Waals surface area (Å²) in [4.78, 5) is 17.5. The molecule has 0 aliphatic heterocycles. The highest BCUT2D eigenvalue weighted by Crippen LogP contribution is 2.17. The predicted molar refractivity (Wildman–Crippen MR) is 103 cm³/mol. The fourth-order valence-corrected chi connectivity index (χ4v) is 3.43. The van der Waals surface area contributed by atoms with Crippen LogP contribution in [0.15, 0.2) is 66.0 Å². The first-order valence-corrected chi connectivity index (χ1v) is 8.97. The van der Waals surface area contributed by atoms with Gasteiger partial charge in [0.2, 0.25) is 4.96 Å². The maximum Gasteiger partial charge on any atom is 0.291 e. The summed E-state index contributed by atoms with van der Waals surface area (Å²) in [6.45, 7) is 4.05. The van der Waals surface area contributed by atoms with Gasteiger partial charge in [-0.1, -0.05) is 36.1 Å². The van der Waals surface area contributed by atoms with Crippen LogP contribution in [-0.4, -0.2) is 21.2 Å². The normalized spacial score (nSPS) is 11.8. The van der Waals surface area contributed by atoms with Crippen LogP contribution in [0.2, 0.25) is 0 Å². The predicted octanol–water partition coefficient (Wildman–Crippen LogP) is 3.07. The summed E-state index contributed by atoms with van der Waals surface area (Å²) in [5.74, 6) is 0.802. The van der Waals surface area contributed by atoms with Crippen molar-refractivity contribution in [3.8, 4) is 17.1 Å². The standard InChI is InChI=1S/C20H14FN3O2S/c1-2-11-26-16-9-3-13(4-10-16)12-17-19(25)24-20(27-17)22-18(23-24)14-5-7-15(21)8-6-14/h2-10,12H,1,11H2/b17-12+. The van der Waals surface area contributed by atoms with Crippen molar-refractivity contribution in [1.82, 2.24) is 14.6 Å². The van der Waals surface area contributed by atoms with Gasteiger partial charge in [-0.15, -0.1) is 5.10 Å². The van der Waals surface area contributed by atoms with Crippen molar-refractivity contribution in [3.05, 3.63) is 87.5 Å². The Kier molecular flexibility index (Phi) is 4.52. The minimum atomic E-state index is -0.331. The molecule has 134 valence electrons. The van der Waals surface area contributed by atoms with Crippen molar-refractivity contribution in [1.29, 1.82) is 0 Å². The Hall–Kier alpha value is -3.32. The van der Waals surface area contributed by atoms with Gasteiger partial charge in [-0.3, -0.25) is 4.79 Å². The first-order chi connectivity index (χ1) is 13.1. The third kappa shape index (κ3) is 3.50. The van der Waals surface area contributed by atoms with E-state index in [4.69, 9.17) is 4.74 Å². The lowest BCUT2D eigenvalue weighted by molar-refractivity contribution is 0.363. The Bertz CT molecular complexity index is 1210. The molecule has 0 spiro atoms. The number of nitrogens with zero attached hydrogens (tertiary/aromatic N) is 3. The molecule has 4 aromatic rings. The number of benzene rings is 2. The Balaban J connectivity index is 1.67. The monoisotopic (exact) mass is 379 g/mol. The summed E-state index contributed by atoms with van der Waals surface area (Å²) in [5, 5.41) is 4.25. The van der Waals surface area contributed by atoms with Crippen LogP contribution in [0.25, 0.3) is 22.4 Å². The number of rotatable bonds is 5. The lowest BCUT2D eigenvalue weighted by atomic mass is 10.2. The molecule has 2 heterocycles. The number of hydrogen-bond donors (Lipinski definition) is 0. The van der Waals surface area contributed by atoms with Crippen molar-refractivity contribution < 1.29 is 9.13 Å². The van der Waals surface area contributed by atoms with Crippen LogP contribution in [0.3, 0.4) is 0 Å². The topological polar surface area (TPSA) is 56.5 Å². The van der Waals surface area contributed by atoms with Gasteiger partial charge in [0.15, 0.2) is 5.82 Å². The summed E-state index contributed by atoms with van der Waals surface area (Å²) in [7, 11) is 0. The second-order valence-corrected chi connectivity index (χ2v) is 6.73. The summed E-state index contributed by atoms with van der Waals surface area (Å²) in [5.41, 5.74) is 1.30. The van der Waals surface area contributed by atoms with Gasteiger partial charge in [0.25, 0.3) is 5.56 Å². The molecule has 0 saturated carbocycles. The van der Waals surface area contributed by atoms with Crippen molar-refractivity contribution in [2.45, 2.75) is 0 Å². The van der Waals surface area contributed by atoms with Crippen LogP contribution in [0.4, 0.5) is 4.39 Å². The fraction of sp³-hybridized carbons (Fsp3) is 0.0500. The minimum absolute atomic E-state index is 0.233. The van der Waals surface area contributed by atoms with Gasteiger partial charge in [-0.2, -0.15) is 9.50 Å². The molecule has 5 nitrogen and oxygen atoms in total. The maximum absolute atomic E-state index is 13.0. The van der Waals surface area contributed by atoms with Crippen LogP contribution in [0, 0.1) is 5.82 Å². The molecule has 0 aliphatic carbocycles. The van der Waals surface area contributed by atoms with Crippen molar-refractivity contribution in [2.75, 3.05) is 6.61 Å². The number of halogens is 1. The number of fused-ring (bicyclic) bond motifs is 1. The third-order valence-corrected chi connectivity index (χ3v) is 4.79. The molecule has 0 amide bonds. The first kappa shape index (κ1) is 17.1. The molecule has 0 saturated heterocycles. The largest absolute Gasteiger partial charge is 0.490 e. The molecule has 7 heteroatoms. The SMILES string of the molecule is C=CCOc1ccc(/C=c2/sc3nc(-c4ccc(F)cc4)nn3c2=O)cc1. The Labute approximate surface area is 157 Å². The highest BCUT2D eigenvalue weighted by Gasteiger charge is 2.12. The molecule has 2 aromatic carbocycles. The molecule has 0 aliphatic rings. The van der Waals surface area contributed by atoms with Gasteiger partial charge in [0, 0.05) is 5.56 Å². The van der Waals surface area contributed by atoms with Crippen LogP contribution in [0.5, 0.6) is 5.75 Å². The van der Waals surface area contributed by atoms with E-state index in [1.807, 2.05) is 24.3 Å². The van der Waals surface area contributed by atoms with Gasteiger partial charge in [0.05, 0.1) is 4.53 Å². The van der Waals surface area contributed by atoms with E-state index in [1.54, 1.807) is 24.3 Å². The summed E-state index contributed by atoms with van der Waals surface area (Å²) in [6, 6.07) is 13.3. The quantitative estimate of drug-likeness (QED) is 0.500. The van der Waals surface area contributed by atoms with E-state index in [2.05, 4.69) is 16.7 Å². The number of aromatic nitrogens is 3. The molecule has 27 heavy (non-hydrogen) atoms. The lowest BCUT2D eigenvalue weighted by Crippen LogP contribution is -2.23. The summed E-state index contributed by atoms with van der Waals surface area (Å²) < 4.78 is 20.3. The molecule has 0 unspecified atom stereocenters. The number of thiazole rings is 1. The fourth-order valence-electron chi connectivity index (χ4n) is 2.52. The molecule has 0 radical (unpaired) electrons.